The molecule has 3 aromatic rings. The van der Waals surface area contributed by atoms with Gasteiger partial charge in [-0.1, -0.05) is 0 Å². The van der Waals surface area contributed by atoms with Crippen molar-refractivity contribution in [2.45, 2.75) is 9.79 Å². The first-order chi connectivity index (χ1) is 14.4. The number of azo groups is 1. The third-order valence-corrected chi connectivity index (χ3v) is 5.61. The molecule has 2 aromatic carbocycles. The predicted octanol–water partition coefficient (Wildman–Crippen LogP) is 1.77. The van der Waals surface area contributed by atoms with Crippen LogP contribution in [0.5, 0.6) is 0 Å². The molecule has 0 aliphatic rings. The fourth-order valence-electron chi connectivity index (χ4n) is 2.47. The summed E-state index contributed by atoms with van der Waals surface area (Å²) >= 11 is 0. The van der Waals surface area contributed by atoms with Gasteiger partial charge in [0.05, 0.1) is 21.2 Å². The lowest BCUT2D eigenvalue weighted by atomic mass is 10.3. The fourth-order valence-corrected chi connectivity index (χ4v) is 3.43. The van der Waals surface area contributed by atoms with Crippen LogP contribution < -0.4 is 5.56 Å². The summed E-state index contributed by atoms with van der Waals surface area (Å²) in [7, 11) is -8.88. The highest BCUT2D eigenvalue weighted by Crippen LogP contribution is 2.23. The van der Waals surface area contributed by atoms with E-state index in [2.05, 4.69) is 15.3 Å². The summed E-state index contributed by atoms with van der Waals surface area (Å²) in [4.78, 5) is 23.1. The standard InChI is InChI=1S/C16H12N4O9S2/c21-15-13(18-17-9-1-5-11(6-2-9)30(24,25)26)14(16(22)23)20(19-15)10-3-7-12(8-4-10)31(27,28)29/h1-8H,(H,19,21)(H,22,23)(H,24,25,26)(H,27,28,29). The second-order valence-electron chi connectivity index (χ2n) is 5.92. The van der Waals surface area contributed by atoms with Crippen molar-refractivity contribution in [3.8, 4) is 5.69 Å². The number of aromatic nitrogens is 2. The topological polar surface area (TPSA) is 209 Å². The van der Waals surface area contributed by atoms with Crippen LogP contribution in [0.1, 0.15) is 10.5 Å². The summed E-state index contributed by atoms with van der Waals surface area (Å²) in [5.41, 5.74) is -1.99. The number of carboxylic acids is 1. The molecular formula is C16H12N4O9S2. The molecule has 3 rings (SSSR count). The summed E-state index contributed by atoms with van der Waals surface area (Å²) in [6, 6.07) is 8.74. The van der Waals surface area contributed by atoms with E-state index in [9.17, 15) is 31.5 Å². The molecule has 0 atom stereocenters. The molecule has 0 saturated heterocycles. The number of aromatic carboxylic acids is 1. The molecule has 13 nitrogen and oxygen atoms in total. The molecule has 0 bridgehead atoms. The number of hydrogen-bond donors (Lipinski definition) is 4. The molecule has 0 aliphatic heterocycles. The zero-order chi connectivity index (χ0) is 23.0. The lowest BCUT2D eigenvalue weighted by Crippen LogP contribution is -2.09. The summed E-state index contributed by atoms with van der Waals surface area (Å²) in [6.45, 7) is 0. The molecule has 31 heavy (non-hydrogen) atoms. The van der Waals surface area contributed by atoms with E-state index in [1.54, 1.807) is 0 Å². The van der Waals surface area contributed by atoms with Crippen molar-refractivity contribution in [3.05, 3.63) is 64.6 Å². The van der Waals surface area contributed by atoms with Crippen LogP contribution in [0.15, 0.2) is 73.3 Å². The molecule has 1 heterocycles. The molecule has 0 fully saturated rings. The first-order valence-corrected chi connectivity index (χ1v) is 10.9. The molecule has 0 unspecified atom stereocenters. The van der Waals surface area contributed by atoms with E-state index < -0.39 is 52.9 Å². The number of hydrogen-bond acceptors (Lipinski definition) is 8. The Balaban J connectivity index is 2.03. The van der Waals surface area contributed by atoms with E-state index in [1.807, 2.05) is 0 Å². The Kier molecular flexibility index (Phi) is 5.60. The van der Waals surface area contributed by atoms with Crippen LogP contribution in [0.25, 0.3) is 5.69 Å². The van der Waals surface area contributed by atoms with Crippen LogP contribution >= 0.6 is 0 Å². The van der Waals surface area contributed by atoms with Crippen molar-refractivity contribution in [2.75, 3.05) is 0 Å². The largest absolute Gasteiger partial charge is 0.476 e. The third kappa shape index (κ3) is 4.75. The zero-order valence-corrected chi connectivity index (χ0v) is 16.7. The number of rotatable bonds is 6. The lowest BCUT2D eigenvalue weighted by Gasteiger charge is -2.06. The summed E-state index contributed by atoms with van der Waals surface area (Å²) in [5.74, 6) is -1.55. The van der Waals surface area contributed by atoms with Gasteiger partial charge in [-0.2, -0.15) is 21.9 Å². The van der Waals surface area contributed by atoms with E-state index in [4.69, 9.17) is 9.11 Å². The molecule has 0 spiro atoms. The zero-order valence-electron chi connectivity index (χ0n) is 15.1. The number of carbonyl (C=O) groups is 1. The predicted molar refractivity (Wildman–Crippen MR) is 104 cm³/mol. The number of aromatic amines is 1. The lowest BCUT2D eigenvalue weighted by molar-refractivity contribution is 0.0687. The minimum absolute atomic E-state index is 0.0563. The van der Waals surface area contributed by atoms with Gasteiger partial charge in [0.15, 0.2) is 11.4 Å². The molecule has 162 valence electrons. The molecule has 1 aromatic heterocycles. The Bertz CT molecular complexity index is 1450. The van der Waals surface area contributed by atoms with Gasteiger partial charge in [0.2, 0.25) is 0 Å². The van der Waals surface area contributed by atoms with E-state index in [1.165, 1.54) is 12.1 Å². The fraction of sp³-hybridized carbons (Fsp3) is 0. The van der Waals surface area contributed by atoms with Crippen molar-refractivity contribution < 1.29 is 35.8 Å². The van der Waals surface area contributed by atoms with Crippen molar-refractivity contribution in [3.63, 3.8) is 0 Å². The minimum Gasteiger partial charge on any atom is -0.476 e. The van der Waals surface area contributed by atoms with E-state index in [0.29, 0.717) is 0 Å². The van der Waals surface area contributed by atoms with Gasteiger partial charge in [-0.3, -0.25) is 19.0 Å². The molecule has 0 saturated carbocycles. The van der Waals surface area contributed by atoms with Gasteiger partial charge in [-0.15, -0.1) is 5.11 Å². The summed E-state index contributed by atoms with van der Waals surface area (Å²) in [5, 5.41) is 19.1. The average Bonchev–Trinajstić information content (AvgIpc) is 3.02. The maximum absolute atomic E-state index is 12.2. The van der Waals surface area contributed by atoms with Gasteiger partial charge in [-0.25, -0.2) is 9.48 Å². The van der Waals surface area contributed by atoms with Crippen molar-refractivity contribution in [1.82, 2.24) is 9.78 Å². The first-order valence-electron chi connectivity index (χ1n) is 8.03. The quantitative estimate of drug-likeness (QED) is 0.306. The highest BCUT2D eigenvalue weighted by molar-refractivity contribution is 7.86. The molecule has 15 heteroatoms. The maximum atomic E-state index is 12.2. The Hall–Kier alpha value is -3.66. The number of nitrogens with zero attached hydrogens (tertiary/aromatic N) is 3. The highest BCUT2D eigenvalue weighted by atomic mass is 32.2. The number of benzene rings is 2. The van der Waals surface area contributed by atoms with Gasteiger partial charge in [-0.05, 0) is 48.5 Å². The summed E-state index contributed by atoms with van der Waals surface area (Å²) < 4.78 is 63.2. The molecular weight excluding hydrogens is 456 g/mol. The molecule has 0 radical (unpaired) electrons. The Morgan fingerprint density at radius 1 is 0.839 bits per heavy atom. The number of H-pyrrole nitrogens is 1. The van der Waals surface area contributed by atoms with Gasteiger partial charge < -0.3 is 5.11 Å². The van der Waals surface area contributed by atoms with Gasteiger partial charge >= 0.3 is 5.97 Å². The van der Waals surface area contributed by atoms with E-state index in [0.717, 1.165) is 41.1 Å². The van der Waals surface area contributed by atoms with Crippen LogP contribution in [0.4, 0.5) is 11.4 Å². The van der Waals surface area contributed by atoms with Crippen LogP contribution in [-0.2, 0) is 20.2 Å². The normalized spacial score (nSPS) is 12.3. The van der Waals surface area contributed by atoms with Crippen LogP contribution in [0.3, 0.4) is 0 Å². The van der Waals surface area contributed by atoms with Gasteiger partial charge in [0, 0.05) is 0 Å². The number of nitrogens with one attached hydrogen (secondary N) is 1. The van der Waals surface area contributed by atoms with Crippen LogP contribution in [0, 0.1) is 0 Å². The van der Waals surface area contributed by atoms with Gasteiger partial charge in [0.25, 0.3) is 25.8 Å². The highest BCUT2D eigenvalue weighted by Gasteiger charge is 2.23. The second kappa shape index (κ2) is 7.88. The second-order valence-corrected chi connectivity index (χ2v) is 8.76. The number of carboxylic acid groups (broad SMARTS) is 1. The van der Waals surface area contributed by atoms with E-state index >= 15 is 0 Å². The third-order valence-electron chi connectivity index (χ3n) is 3.87. The van der Waals surface area contributed by atoms with Crippen LogP contribution in [-0.4, -0.2) is 46.8 Å². The summed E-state index contributed by atoms with van der Waals surface area (Å²) in [6.07, 6.45) is 0. The minimum atomic E-state index is -4.47. The average molecular weight is 468 g/mol. The SMILES string of the molecule is O=C(O)c1c(N=Nc2ccc(S(=O)(=O)O)cc2)c(=O)[nH]n1-c1ccc(S(=O)(=O)O)cc1. The van der Waals surface area contributed by atoms with Crippen molar-refractivity contribution in [2.24, 2.45) is 10.2 Å². The maximum Gasteiger partial charge on any atom is 0.357 e. The van der Waals surface area contributed by atoms with Gasteiger partial charge in [0.1, 0.15) is 0 Å². The Morgan fingerprint density at radius 2 is 1.32 bits per heavy atom. The van der Waals surface area contributed by atoms with Crippen LogP contribution in [0.2, 0.25) is 0 Å². The van der Waals surface area contributed by atoms with Crippen molar-refractivity contribution >= 4 is 37.6 Å². The van der Waals surface area contributed by atoms with E-state index in [-0.39, 0.29) is 11.4 Å². The Labute approximate surface area is 173 Å². The Morgan fingerprint density at radius 3 is 1.77 bits per heavy atom. The monoisotopic (exact) mass is 468 g/mol. The smallest absolute Gasteiger partial charge is 0.357 e. The first kappa shape index (κ1) is 22.0. The molecule has 0 aliphatic carbocycles. The molecule has 4 N–H and O–H groups in total. The van der Waals surface area contributed by atoms with Crippen molar-refractivity contribution in [1.29, 1.82) is 0 Å². The molecule has 0 amide bonds.